The van der Waals surface area contributed by atoms with E-state index in [9.17, 15) is 14.7 Å². The molecule has 2 aromatic carbocycles. The Morgan fingerprint density at radius 2 is 1.65 bits per heavy atom. The lowest BCUT2D eigenvalue weighted by molar-refractivity contribution is -0.123. The van der Waals surface area contributed by atoms with Crippen LogP contribution in [-0.2, 0) is 11.2 Å². The molecule has 0 bridgehead atoms. The van der Waals surface area contributed by atoms with Gasteiger partial charge in [-0.1, -0.05) is 12.1 Å². The first-order valence-corrected chi connectivity index (χ1v) is 7.97. The summed E-state index contributed by atoms with van der Waals surface area (Å²) in [5, 5.41) is 11.9. The Morgan fingerprint density at radius 1 is 1.00 bits per heavy atom. The number of nitrogens with one attached hydrogen (secondary N) is 1. The minimum atomic E-state index is -1.15. The molecule has 2 N–H and O–H groups in total. The predicted molar refractivity (Wildman–Crippen MR) is 95.2 cm³/mol. The molecule has 0 aromatic heterocycles. The number of amides is 1. The smallest absolute Gasteiger partial charge is 0.339 e. The summed E-state index contributed by atoms with van der Waals surface area (Å²) < 4.78 is 15.4. The molecule has 0 fully saturated rings. The maximum absolute atomic E-state index is 11.9. The molecule has 2 aromatic rings. The second-order valence-corrected chi connectivity index (χ2v) is 5.40. The Bertz CT molecular complexity index is 757. The lowest BCUT2D eigenvalue weighted by Gasteiger charge is -2.11. The molecule has 1 amide bonds. The molecule has 0 spiro atoms. The van der Waals surface area contributed by atoms with E-state index in [4.69, 9.17) is 14.2 Å². The largest absolute Gasteiger partial charge is 0.497 e. The fourth-order valence-corrected chi connectivity index (χ4v) is 2.26. The van der Waals surface area contributed by atoms with Crippen LogP contribution in [0.3, 0.4) is 0 Å². The number of ether oxygens (including phenoxy) is 3. The summed E-state index contributed by atoms with van der Waals surface area (Å²) in [7, 11) is 3.05. The van der Waals surface area contributed by atoms with Gasteiger partial charge in [0.05, 0.1) is 14.2 Å². The molecule has 0 heterocycles. The molecule has 0 saturated carbocycles. The van der Waals surface area contributed by atoms with Crippen molar-refractivity contribution in [3.8, 4) is 17.2 Å². The first kappa shape index (κ1) is 19.1. The van der Waals surface area contributed by atoms with Crippen LogP contribution in [0.4, 0.5) is 0 Å². The monoisotopic (exact) mass is 359 g/mol. The van der Waals surface area contributed by atoms with Crippen molar-refractivity contribution in [2.45, 2.75) is 6.42 Å². The van der Waals surface area contributed by atoms with Gasteiger partial charge in [-0.15, -0.1) is 0 Å². The summed E-state index contributed by atoms with van der Waals surface area (Å²) in [6.07, 6.45) is 0.665. The molecule has 0 aliphatic carbocycles. The van der Waals surface area contributed by atoms with Gasteiger partial charge in [0.2, 0.25) is 0 Å². The molecule has 7 heteroatoms. The fraction of sp³-hybridized carbons (Fsp3) is 0.263. The highest BCUT2D eigenvalue weighted by molar-refractivity contribution is 5.91. The Kier molecular flexibility index (Phi) is 6.84. The van der Waals surface area contributed by atoms with Gasteiger partial charge in [0.1, 0.15) is 22.8 Å². The van der Waals surface area contributed by atoms with Gasteiger partial charge in [-0.05, 0) is 42.3 Å². The van der Waals surface area contributed by atoms with E-state index in [1.165, 1.54) is 19.2 Å². The van der Waals surface area contributed by atoms with Crippen molar-refractivity contribution < 1.29 is 28.9 Å². The maximum Gasteiger partial charge on any atom is 0.339 e. The third-order valence-electron chi connectivity index (χ3n) is 3.67. The van der Waals surface area contributed by atoms with Crippen LogP contribution < -0.4 is 19.5 Å². The SMILES string of the molecule is COc1ccc(CCNC(=O)COc2ccc(OC)cc2C(=O)O)cc1. The summed E-state index contributed by atoms with van der Waals surface area (Å²) >= 11 is 0. The second-order valence-electron chi connectivity index (χ2n) is 5.40. The van der Waals surface area contributed by atoms with Crippen LogP contribution in [0.5, 0.6) is 17.2 Å². The predicted octanol–water partition coefficient (Wildman–Crippen LogP) is 2.14. The van der Waals surface area contributed by atoms with Crippen LogP contribution in [0.25, 0.3) is 0 Å². The molecule has 0 saturated heterocycles. The number of carboxylic acid groups (broad SMARTS) is 1. The van der Waals surface area contributed by atoms with E-state index in [-0.39, 0.29) is 23.8 Å². The third kappa shape index (κ3) is 5.41. The molecule has 0 unspecified atom stereocenters. The standard InChI is InChI=1S/C19H21NO6/c1-24-14-5-3-13(4-6-14)9-10-20-18(21)12-26-17-8-7-15(25-2)11-16(17)19(22)23/h3-8,11H,9-10,12H2,1-2H3,(H,20,21)(H,22,23). The van der Waals surface area contributed by atoms with Crippen molar-refractivity contribution in [3.63, 3.8) is 0 Å². The number of carboxylic acids is 1. The second kappa shape index (κ2) is 9.31. The Morgan fingerprint density at radius 3 is 2.27 bits per heavy atom. The Balaban J connectivity index is 1.82. The lowest BCUT2D eigenvalue weighted by Crippen LogP contribution is -2.30. The van der Waals surface area contributed by atoms with Gasteiger partial charge < -0.3 is 24.6 Å². The Hall–Kier alpha value is -3.22. The van der Waals surface area contributed by atoms with Crippen molar-refractivity contribution in [2.75, 3.05) is 27.4 Å². The van der Waals surface area contributed by atoms with Gasteiger partial charge in [0.15, 0.2) is 6.61 Å². The van der Waals surface area contributed by atoms with E-state index in [1.54, 1.807) is 13.2 Å². The summed E-state index contributed by atoms with van der Waals surface area (Å²) in [5.41, 5.74) is 1.01. The Labute approximate surface area is 151 Å². The summed E-state index contributed by atoms with van der Waals surface area (Å²) in [6, 6.07) is 12.0. The molecule has 0 aliphatic rings. The summed E-state index contributed by atoms with van der Waals surface area (Å²) in [5.74, 6) is -0.188. The molecular formula is C19H21NO6. The molecule has 2 rings (SSSR count). The van der Waals surface area contributed by atoms with E-state index in [1.807, 2.05) is 24.3 Å². The maximum atomic E-state index is 11.9. The number of hydrogen-bond acceptors (Lipinski definition) is 5. The van der Waals surface area contributed by atoms with Crippen molar-refractivity contribution in [1.82, 2.24) is 5.32 Å². The highest BCUT2D eigenvalue weighted by Gasteiger charge is 2.14. The summed E-state index contributed by atoms with van der Waals surface area (Å²) in [4.78, 5) is 23.1. The van der Waals surface area contributed by atoms with Crippen LogP contribution in [0.1, 0.15) is 15.9 Å². The quantitative estimate of drug-likeness (QED) is 0.712. The highest BCUT2D eigenvalue weighted by Crippen LogP contribution is 2.24. The van der Waals surface area contributed by atoms with E-state index in [0.717, 1.165) is 11.3 Å². The normalized spacial score (nSPS) is 10.1. The van der Waals surface area contributed by atoms with Gasteiger partial charge in [-0.25, -0.2) is 4.79 Å². The molecular weight excluding hydrogens is 338 g/mol. The van der Waals surface area contributed by atoms with Crippen molar-refractivity contribution in [3.05, 3.63) is 53.6 Å². The van der Waals surface area contributed by atoms with Crippen LogP contribution in [0.15, 0.2) is 42.5 Å². The number of rotatable bonds is 9. The van der Waals surface area contributed by atoms with E-state index >= 15 is 0 Å². The molecule has 0 radical (unpaired) electrons. The molecule has 7 nitrogen and oxygen atoms in total. The number of benzene rings is 2. The zero-order valence-electron chi connectivity index (χ0n) is 14.7. The van der Waals surface area contributed by atoms with E-state index < -0.39 is 5.97 Å². The van der Waals surface area contributed by atoms with Crippen molar-refractivity contribution in [1.29, 1.82) is 0 Å². The highest BCUT2D eigenvalue weighted by atomic mass is 16.5. The fourth-order valence-electron chi connectivity index (χ4n) is 2.26. The van der Waals surface area contributed by atoms with Gasteiger partial charge >= 0.3 is 5.97 Å². The molecule has 138 valence electrons. The zero-order chi connectivity index (χ0) is 18.9. The average molecular weight is 359 g/mol. The third-order valence-corrected chi connectivity index (χ3v) is 3.67. The zero-order valence-corrected chi connectivity index (χ0v) is 14.7. The van der Waals surface area contributed by atoms with Gasteiger partial charge in [-0.3, -0.25) is 4.79 Å². The number of hydrogen-bond donors (Lipinski definition) is 2. The molecule has 26 heavy (non-hydrogen) atoms. The van der Waals surface area contributed by atoms with Gasteiger partial charge in [-0.2, -0.15) is 0 Å². The number of carbonyl (C=O) groups is 2. The first-order valence-electron chi connectivity index (χ1n) is 7.97. The van der Waals surface area contributed by atoms with Crippen LogP contribution in [0, 0.1) is 0 Å². The van der Waals surface area contributed by atoms with Crippen LogP contribution in [-0.4, -0.2) is 44.4 Å². The lowest BCUT2D eigenvalue weighted by atomic mass is 10.1. The number of methoxy groups -OCH3 is 2. The minimum Gasteiger partial charge on any atom is -0.497 e. The van der Waals surface area contributed by atoms with Crippen molar-refractivity contribution >= 4 is 11.9 Å². The van der Waals surface area contributed by atoms with Crippen LogP contribution in [0.2, 0.25) is 0 Å². The topological polar surface area (TPSA) is 94.1 Å². The van der Waals surface area contributed by atoms with Gasteiger partial charge in [0, 0.05) is 6.54 Å². The average Bonchev–Trinajstić information content (AvgIpc) is 2.66. The van der Waals surface area contributed by atoms with E-state index in [0.29, 0.717) is 18.7 Å². The molecule has 0 atom stereocenters. The van der Waals surface area contributed by atoms with E-state index in [2.05, 4.69) is 5.32 Å². The van der Waals surface area contributed by atoms with Crippen LogP contribution >= 0.6 is 0 Å². The van der Waals surface area contributed by atoms with Gasteiger partial charge in [0.25, 0.3) is 5.91 Å². The minimum absolute atomic E-state index is 0.0598. The number of carbonyl (C=O) groups excluding carboxylic acids is 1. The summed E-state index contributed by atoms with van der Waals surface area (Å²) in [6.45, 7) is 0.179. The molecule has 0 aliphatic heterocycles. The van der Waals surface area contributed by atoms with Crippen molar-refractivity contribution in [2.24, 2.45) is 0 Å². The first-order chi connectivity index (χ1) is 12.5. The number of aromatic carboxylic acids is 1.